The molecule has 0 radical (unpaired) electrons. The van der Waals surface area contributed by atoms with E-state index in [-0.39, 0.29) is 5.91 Å². The highest BCUT2D eigenvalue weighted by Crippen LogP contribution is 2.07. The molecule has 0 aromatic carbocycles. The van der Waals surface area contributed by atoms with Gasteiger partial charge in [-0.25, -0.2) is 0 Å². The van der Waals surface area contributed by atoms with E-state index in [0.717, 1.165) is 12.0 Å². The van der Waals surface area contributed by atoms with Crippen LogP contribution >= 0.6 is 11.6 Å². The largest absolute Gasteiger partial charge is 0.350 e. The number of carbonyl (C=O) groups is 1. The first-order chi connectivity index (χ1) is 8.65. The van der Waals surface area contributed by atoms with E-state index in [4.69, 9.17) is 11.6 Å². The zero-order valence-corrected chi connectivity index (χ0v) is 10.7. The summed E-state index contributed by atoms with van der Waals surface area (Å²) >= 11 is 5.79. The molecule has 6 heteroatoms. The number of amides is 1. The lowest BCUT2D eigenvalue weighted by molar-refractivity contribution is 0.0949. The third-order valence-electron chi connectivity index (χ3n) is 2.41. The van der Waals surface area contributed by atoms with Crippen molar-refractivity contribution < 1.29 is 4.79 Å². The minimum Gasteiger partial charge on any atom is -0.350 e. The molecule has 1 N–H and O–H groups in total. The molecule has 0 fully saturated rings. The molecule has 0 aliphatic heterocycles. The highest BCUT2D eigenvalue weighted by atomic mass is 35.5. The van der Waals surface area contributed by atoms with Gasteiger partial charge in [-0.2, -0.15) is 5.10 Å². The van der Waals surface area contributed by atoms with Gasteiger partial charge in [0, 0.05) is 31.0 Å². The first-order valence-electron chi connectivity index (χ1n) is 5.52. The third kappa shape index (κ3) is 3.30. The fourth-order valence-electron chi connectivity index (χ4n) is 1.54. The summed E-state index contributed by atoms with van der Waals surface area (Å²) < 4.78 is 1.73. The van der Waals surface area contributed by atoms with Gasteiger partial charge in [-0.05, 0) is 24.1 Å². The predicted octanol–water partition coefficient (Wildman–Crippen LogP) is 1.44. The molecule has 0 aliphatic carbocycles. The van der Waals surface area contributed by atoms with E-state index in [1.54, 1.807) is 23.0 Å². The van der Waals surface area contributed by atoms with Gasteiger partial charge in [0.15, 0.2) is 0 Å². The Kier molecular flexibility index (Phi) is 3.94. The van der Waals surface area contributed by atoms with E-state index in [9.17, 15) is 4.79 Å². The van der Waals surface area contributed by atoms with Crippen LogP contribution in [0.4, 0.5) is 0 Å². The molecule has 5 nitrogen and oxygen atoms in total. The van der Waals surface area contributed by atoms with Crippen molar-refractivity contribution >= 4 is 17.5 Å². The molecule has 94 valence electrons. The maximum absolute atomic E-state index is 11.7. The number of nitrogens with one attached hydrogen (secondary N) is 1. The van der Waals surface area contributed by atoms with Gasteiger partial charge in [-0.1, -0.05) is 11.6 Å². The molecule has 0 saturated heterocycles. The second-order valence-electron chi connectivity index (χ2n) is 3.89. The standard InChI is InChI=1S/C12H13ClN4O/c1-17-8-9(7-16-17)2-4-15-12(18)11-6-10(13)3-5-14-11/h3,5-8H,2,4H2,1H3,(H,15,18). The van der Waals surface area contributed by atoms with Crippen LogP contribution in [0.1, 0.15) is 16.1 Å². The molecule has 18 heavy (non-hydrogen) atoms. The molecule has 2 rings (SSSR count). The smallest absolute Gasteiger partial charge is 0.269 e. The summed E-state index contributed by atoms with van der Waals surface area (Å²) in [7, 11) is 1.86. The van der Waals surface area contributed by atoms with E-state index in [2.05, 4.69) is 15.4 Å². The fourth-order valence-corrected chi connectivity index (χ4v) is 1.70. The van der Waals surface area contributed by atoms with E-state index in [1.165, 1.54) is 6.20 Å². The summed E-state index contributed by atoms with van der Waals surface area (Å²) in [4.78, 5) is 15.7. The van der Waals surface area contributed by atoms with Gasteiger partial charge in [-0.3, -0.25) is 14.5 Å². The van der Waals surface area contributed by atoms with Crippen molar-refractivity contribution in [1.82, 2.24) is 20.1 Å². The van der Waals surface area contributed by atoms with Gasteiger partial charge in [-0.15, -0.1) is 0 Å². The second-order valence-corrected chi connectivity index (χ2v) is 4.32. The minimum atomic E-state index is -0.221. The lowest BCUT2D eigenvalue weighted by atomic mass is 10.2. The molecule has 0 spiro atoms. The number of nitrogens with zero attached hydrogens (tertiary/aromatic N) is 3. The number of rotatable bonds is 4. The van der Waals surface area contributed by atoms with Crippen LogP contribution in [0.2, 0.25) is 5.02 Å². The van der Waals surface area contributed by atoms with Crippen molar-refractivity contribution in [1.29, 1.82) is 0 Å². The molecule has 0 atom stereocenters. The Bertz CT molecular complexity index is 553. The molecule has 0 aliphatic rings. The molecule has 0 bridgehead atoms. The van der Waals surface area contributed by atoms with Crippen molar-refractivity contribution in [2.45, 2.75) is 6.42 Å². The Balaban J connectivity index is 1.85. The summed E-state index contributed by atoms with van der Waals surface area (Å²) in [6.07, 6.45) is 5.95. The van der Waals surface area contributed by atoms with Crippen LogP contribution < -0.4 is 5.32 Å². The van der Waals surface area contributed by atoms with Crippen LogP contribution in [-0.2, 0) is 13.5 Å². The Morgan fingerprint density at radius 2 is 2.39 bits per heavy atom. The summed E-state index contributed by atoms with van der Waals surface area (Å²) in [6, 6.07) is 3.18. The molecule has 0 unspecified atom stereocenters. The molecule has 2 aromatic heterocycles. The lowest BCUT2D eigenvalue weighted by Crippen LogP contribution is -2.26. The Labute approximate surface area is 110 Å². The number of pyridine rings is 1. The third-order valence-corrected chi connectivity index (χ3v) is 2.65. The second kappa shape index (κ2) is 5.64. The van der Waals surface area contributed by atoms with E-state index < -0.39 is 0 Å². The molecule has 2 aromatic rings. The van der Waals surface area contributed by atoms with Crippen molar-refractivity contribution in [2.75, 3.05) is 6.54 Å². The van der Waals surface area contributed by atoms with Gasteiger partial charge in [0.05, 0.1) is 6.20 Å². The monoisotopic (exact) mass is 264 g/mol. The van der Waals surface area contributed by atoms with Gasteiger partial charge < -0.3 is 5.32 Å². The molecule has 0 saturated carbocycles. The summed E-state index contributed by atoms with van der Waals surface area (Å²) in [5.74, 6) is -0.221. The summed E-state index contributed by atoms with van der Waals surface area (Å²) in [6.45, 7) is 0.540. The number of aryl methyl sites for hydroxylation is 1. The average molecular weight is 265 g/mol. The topological polar surface area (TPSA) is 59.8 Å². The Morgan fingerprint density at radius 1 is 1.56 bits per heavy atom. The molecule has 1 amide bonds. The maximum Gasteiger partial charge on any atom is 0.269 e. The van der Waals surface area contributed by atoms with Gasteiger partial charge in [0.2, 0.25) is 0 Å². The van der Waals surface area contributed by atoms with Gasteiger partial charge >= 0.3 is 0 Å². The summed E-state index contributed by atoms with van der Waals surface area (Å²) in [5.41, 5.74) is 1.41. The van der Waals surface area contributed by atoms with Crippen molar-refractivity contribution in [3.05, 3.63) is 47.0 Å². The average Bonchev–Trinajstić information content (AvgIpc) is 2.75. The van der Waals surface area contributed by atoms with E-state index in [0.29, 0.717) is 17.3 Å². The van der Waals surface area contributed by atoms with Crippen LogP contribution in [0.5, 0.6) is 0 Å². The quantitative estimate of drug-likeness (QED) is 0.909. The van der Waals surface area contributed by atoms with Crippen molar-refractivity contribution in [2.24, 2.45) is 7.05 Å². The van der Waals surface area contributed by atoms with Crippen LogP contribution in [0.25, 0.3) is 0 Å². The van der Waals surface area contributed by atoms with Gasteiger partial charge in [0.1, 0.15) is 5.69 Å². The van der Waals surface area contributed by atoms with Crippen molar-refractivity contribution in [3.63, 3.8) is 0 Å². The Hall–Kier alpha value is -1.88. The molecular formula is C12H13ClN4O. The van der Waals surface area contributed by atoms with E-state index in [1.807, 2.05) is 13.2 Å². The molecule has 2 heterocycles. The van der Waals surface area contributed by atoms with Gasteiger partial charge in [0.25, 0.3) is 5.91 Å². The zero-order chi connectivity index (χ0) is 13.0. The zero-order valence-electron chi connectivity index (χ0n) is 9.93. The van der Waals surface area contributed by atoms with Crippen LogP contribution in [0, 0.1) is 0 Å². The number of hydrogen-bond acceptors (Lipinski definition) is 3. The van der Waals surface area contributed by atoms with Crippen LogP contribution in [0.15, 0.2) is 30.7 Å². The number of hydrogen-bond donors (Lipinski definition) is 1. The summed E-state index contributed by atoms with van der Waals surface area (Å²) in [5, 5.41) is 7.35. The normalized spacial score (nSPS) is 10.3. The van der Waals surface area contributed by atoms with Crippen molar-refractivity contribution in [3.8, 4) is 0 Å². The van der Waals surface area contributed by atoms with Crippen LogP contribution in [-0.4, -0.2) is 27.2 Å². The maximum atomic E-state index is 11.7. The minimum absolute atomic E-state index is 0.221. The highest BCUT2D eigenvalue weighted by Gasteiger charge is 2.06. The first kappa shape index (κ1) is 12.6. The van der Waals surface area contributed by atoms with Crippen LogP contribution in [0.3, 0.4) is 0 Å². The number of carbonyl (C=O) groups excluding carboxylic acids is 1. The Morgan fingerprint density at radius 3 is 3.06 bits per heavy atom. The molecular weight excluding hydrogens is 252 g/mol. The first-order valence-corrected chi connectivity index (χ1v) is 5.90. The number of halogens is 1. The number of aromatic nitrogens is 3. The SMILES string of the molecule is Cn1cc(CCNC(=O)c2cc(Cl)ccn2)cn1. The predicted molar refractivity (Wildman–Crippen MR) is 68.5 cm³/mol. The fraction of sp³-hybridized carbons (Fsp3) is 0.250. The highest BCUT2D eigenvalue weighted by molar-refractivity contribution is 6.30. The lowest BCUT2D eigenvalue weighted by Gasteiger charge is -2.03. The van der Waals surface area contributed by atoms with E-state index >= 15 is 0 Å².